The Labute approximate surface area is 103 Å². The first-order chi connectivity index (χ1) is 7.94. The van der Waals surface area contributed by atoms with Gasteiger partial charge in [0.25, 0.3) is 0 Å². The lowest BCUT2D eigenvalue weighted by Crippen LogP contribution is -2.25. The van der Waals surface area contributed by atoms with Gasteiger partial charge in [-0.2, -0.15) is 0 Å². The highest BCUT2D eigenvalue weighted by atomic mass is 35.7. The molecule has 2 rings (SSSR count). The molecule has 1 aromatic rings. The highest BCUT2D eigenvalue weighted by Crippen LogP contribution is 2.22. The molecule has 2 heterocycles. The van der Waals surface area contributed by atoms with Crippen LogP contribution in [-0.2, 0) is 20.4 Å². The Hall–Kier alpha value is -1.08. The van der Waals surface area contributed by atoms with E-state index < -0.39 is 9.05 Å². The fourth-order valence-electron chi connectivity index (χ4n) is 1.91. The van der Waals surface area contributed by atoms with E-state index in [0.717, 1.165) is 0 Å². The van der Waals surface area contributed by atoms with Crippen molar-refractivity contribution in [3.8, 4) is 0 Å². The Bertz CT molecular complexity index is 499. The van der Waals surface area contributed by atoms with E-state index in [2.05, 4.69) is 4.98 Å². The van der Waals surface area contributed by atoms with Crippen LogP contribution in [0.4, 0.5) is 0 Å². The predicted octanol–water partition coefficient (Wildman–Crippen LogP) is 0.592. The van der Waals surface area contributed by atoms with E-state index in [-0.39, 0.29) is 24.0 Å². The lowest BCUT2D eigenvalue weighted by Gasteiger charge is -2.14. The first-order valence-corrected chi connectivity index (χ1v) is 7.49. The molecule has 0 N–H and O–H groups in total. The molecule has 1 fully saturated rings. The molecular formula is C9H11ClN2O4S. The van der Waals surface area contributed by atoms with E-state index in [1.54, 1.807) is 4.90 Å². The molecule has 0 aromatic carbocycles. The van der Waals surface area contributed by atoms with Gasteiger partial charge in [-0.05, 0) is 0 Å². The largest absolute Gasteiger partial charge is 0.447 e. The van der Waals surface area contributed by atoms with E-state index in [1.807, 2.05) is 0 Å². The van der Waals surface area contributed by atoms with E-state index in [1.165, 1.54) is 12.6 Å². The molecule has 1 atom stereocenters. The molecule has 0 saturated carbocycles. The minimum absolute atomic E-state index is 0.0910. The van der Waals surface area contributed by atoms with Gasteiger partial charge in [0.05, 0.1) is 18.5 Å². The molecule has 0 radical (unpaired) electrons. The van der Waals surface area contributed by atoms with Crippen LogP contribution in [0.3, 0.4) is 0 Å². The number of hydrogen-bond acceptors (Lipinski definition) is 5. The third-order valence-corrected chi connectivity index (χ3v) is 3.81. The Balaban J connectivity index is 1.96. The van der Waals surface area contributed by atoms with Crippen LogP contribution in [0.2, 0.25) is 0 Å². The van der Waals surface area contributed by atoms with Crippen molar-refractivity contribution in [2.75, 3.05) is 12.3 Å². The monoisotopic (exact) mass is 278 g/mol. The first kappa shape index (κ1) is 12.4. The van der Waals surface area contributed by atoms with Crippen LogP contribution in [0.15, 0.2) is 17.0 Å². The minimum Gasteiger partial charge on any atom is -0.447 e. The molecular weight excluding hydrogens is 268 g/mol. The maximum atomic E-state index is 11.6. The SMILES string of the molecule is O=C1CC(CS(=O)(=O)Cl)CN1Cc1cnco1. The third kappa shape index (κ3) is 3.44. The summed E-state index contributed by atoms with van der Waals surface area (Å²) in [6.45, 7) is 0.698. The van der Waals surface area contributed by atoms with Crippen LogP contribution in [0.25, 0.3) is 0 Å². The van der Waals surface area contributed by atoms with E-state index in [9.17, 15) is 13.2 Å². The van der Waals surface area contributed by atoms with Gasteiger partial charge in [-0.3, -0.25) is 4.79 Å². The molecule has 0 bridgehead atoms. The van der Waals surface area contributed by atoms with Crippen LogP contribution in [0.5, 0.6) is 0 Å². The van der Waals surface area contributed by atoms with Crippen molar-refractivity contribution in [1.82, 2.24) is 9.88 Å². The number of rotatable bonds is 4. The number of halogens is 1. The van der Waals surface area contributed by atoms with Gasteiger partial charge in [0, 0.05) is 29.6 Å². The molecule has 94 valence electrons. The lowest BCUT2D eigenvalue weighted by atomic mass is 10.1. The van der Waals surface area contributed by atoms with Crippen molar-refractivity contribution < 1.29 is 17.6 Å². The molecule has 0 spiro atoms. The third-order valence-electron chi connectivity index (χ3n) is 2.56. The summed E-state index contributed by atoms with van der Waals surface area (Å²) in [6.07, 6.45) is 3.02. The molecule has 1 unspecified atom stereocenters. The molecule has 0 aliphatic carbocycles. The molecule has 8 heteroatoms. The first-order valence-electron chi connectivity index (χ1n) is 5.01. The normalized spacial score (nSPS) is 21.1. The van der Waals surface area contributed by atoms with Crippen molar-refractivity contribution in [3.63, 3.8) is 0 Å². The molecule has 1 saturated heterocycles. The van der Waals surface area contributed by atoms with Crippen molar-refractivity contribution in [1.29, 1.82) is 0 Å². The zero-order chi connectivity index (χ0) is 12.5. The zero-order valence-electron chi connectivity index (χ0n) is 8.87. The smallest absolute Gasteiger partial charge is 0.232 e. The second-order valence-electron chi connectivity index (χ2n) is 4.02. The van der Waals surface area contributed by atoms with Crippen LogP contribution in [-0.4, -0.2) is 36.5 Å². The highest BCUT2D eigenvalue weighted by molar-refractivity contribution is 8.13. The van der Waals surface area contributed by atoms with Gasteiger partial charge in [0.1, 0.15) is 5.76 Å². The summed E-state index contributed by atoms with van der Waals surface area (Å²) in [7, 11) is 1.61. The van der Waals surface area contributed by atoms with Gasteiger partial charge in [-0.25, -0.2) is 13.4 Å². The van der Waals surface area contributed by atoms with Gasteiger partial charge in [0.15, 0.2) is 6.39 Å². The summed E-state index contributed by atoms with van der Waals surface area (Å²) in [4.78, 5) is 16.9. The van der Waals surface area contributed by atoms with Gasteiger partial charge in [-0.15, -0.1) is 0 Å². The number of carbonyl (C=O) groups is 1. The summed E-state index contributed by atoms with van der Waals surface area (Å²) in [5.41, 5.74) is 0. The Morgan fingerprint density at radius 3 is 2.94 bits per heavy atom. The fourth-order valence-corrected chi connectivity index (χ4v) is 3.23. The van der Waals surface area contributed by atoms with Crippen molar-refractivity contribution in [2.24, 2.45) is 5.92 Å². The molecule has 1 amide bonds. The quantitative estimate of drug-likeness (QED) is 0.753. The predicted molar refractivity (Wildman–Crippen MR) is 59.7 cm³/mol. The second kappa shape index (κ2) is 4.66. The van der Waals surface area contributed by atoms with Crippen molar-refractivity contribution in [2.45, 2.75) is 13.0 Å². The zero-order valence-corrected chi connectivity index (χ0v) is 10.4. The topological polar surface area (TPSA) is 80.5 Å². The number of hydrogen-bond donors (Lipinski definition) is 0. The van der Waals surface area contributed by atoms with Crippen LogP contribution < -0.4 is 0 Å². The Morgan fingerprint density at radius 2 is 2.35 bits per heavy atom. The summed E-state index contributed by atoms with van der Waals surface area (Å²) >= 11 is 0. The number of oxazole rings is 1. The average Bonchev–Trinajstić information content (AvgIpc) is 2.75. The molecule has 17 heavy (non-hydrogen) atoms. The van der Waals surface area contributed by atoms with Gasteiger partial charge in [-0.1, -0.05) is 0 Å². The van der Waals surface area contributed by atoms with E-state index >= 15 is 0 Å². The average molecular weight is 279 g/mol. The summed E-state index contributed by atoms with van der Waals surface area (Å²) in [5, 5.41) is 0. The number of carbonyl (C=O) groups excluding carboxylic acids is 1. The second-order valence-corrected chi connectivity index (χ2v) is 6.84. The molecule has 1 aromatic heterocycles. The van der Waals surface area contributed by atoms with Gasteiger partial charge in [0.2, 0.25) is 15.0 Å². The summed E-state index contributed by atoms with van der Waals surface area (Å²) < 4.78 is 26.9. The standard InChI is InChI=1S/C9H11ClN2O4S/c10-17(14,15)5-7-1-9(13)12(3-7)4-8-2-11-6-16-8/h2,6-7H,1,3-5H2. The summed E-state index contributed by atoms with van der Waals surface area (Å²) in [6, 6.07) is 0. The summed E-state index contributed by atoms with van der Waals surface area (Å²) in [5.74, 6) is 0.0695. The van der Waals surface area contributed by atoms with E-state index in [4.69, 9.17) is 15.1 Å². The molecule has 6 nitrogen and oxygen atoms in total. The van der Waals surface area contributed by atoms with E-state index in [0.29, 0.717) is 18.8 Å². The molecule has 1 aliphatic rings. The minimum atomic E-state index is -3.56. The van der Waals surface area contributed by atoms with Crippen molar-refractivity contribution >= 4 is 25.6 Å². The molecule has 1 aliphatic heterocycles. The maximum absolute atomic E-state index is 11.6. The Morgan fingerprint density at radius 1 is 1.59 bits per heavy atom. The number of nitrogens with zero attached hydrogens (tertiary/aromatic N) is 2. The van der Waals surface area contributed by atoms with Gasteiger partial charge < -0.3 is 9.32 Å². The van der Waals surface area contributed by atoms with Gasteiger partial charge >= 0.3 is 0 Å². The number of aromatic nitrogens is 1. The lowest BCUT2D eigenvalue weighted by molar-refractivity contribution is -0.128. The van der Waals surface area contributed by atoms with Crippen LogP contribution >= 0.6 is 10.7 Å². The van der Waals surface area contributed by atoms with Crippen molar-refractivity contribution in [3.05, 3.63) is 18.4 Å². The fraction of sp³-hybridized carbons (Fsp3) is 0.556. The number of likely N-dealkylation sites (tertiary alicyclic amines) is 1. The maximum Gasteiger partial charge on any atom is 0.232 e. The van der Waals surface area contributed by atoms with Crippen LogP contribution in [0.1, 0.15) is 12.2 Å². The van der Waals surface area contributed by atoms with Crippen LogP contribution in [0, 0.1) is 5.92 Å². The highest BCUT2D eigenvalue weighted by Gasteiger charge is 2.32. The number of amides is 1. The Kier molecular flexibility index (Phi) is 3.39.